The van der Waals surface area contributed by atoms with Gasteiger partial charge >= 0.3 is 6.18 Å². The smallest absolute Gasteiger partial charge is 0.384 e. The second-order valence-electron chi connectivity index (χ2n) is 3.91. The molecule has 1 heterocycles. The van der Waals surface area contributed by atoms with Gasteiger partial charge in [0.05, 0.1) is 10.0 Å². The predicted molar refractivity (Wildman–Crippen MR) is 74.1 cm³/mol. The minimum atomic E-state index is -4.60. The van der Waals surface area contributed by atoms with Crippen LogP contribution in [0.5, 0.6) is 0 Å². The van der Waals surface area contributed by atoms with Crippen molar-refractivity contribution < 1.29 is 13.2 Å². The molecule has 0 spiro atoms. The standard InChI is InChI=1S/C12H6Cl3F3N2/c13-7-4-9(15)8(14)3-6(7)5-1-10(12(16,17)18)20-11(19)2-5/h1-4H,(H2,19,20). The third-order valence-electron chi connectivity index (χ3n) is 2.46. The van der Waals surface area contributed by atoms with Crippen molar-refractivity contribution in [2.75, 3.05) is 5.73 Å². The molecule has 0 bridgehead atoms. The van der Waals surface area contributed by atoms with Gasteiger partial charge in [0, 0.05) is 10.6 Å². The van der Waals surface area contributed by atoms with Crippen molar-refractivity contribution in [2.45, 2.75) is 6.18 Å². The quantitative estimate of drug-likeness (QED) is 0.714. The Bertz CT molecular complexity index is 672. The summed E-state index contributed by atoms with van der Waals surface area (Å²) in [5, 5.41) is 0.548. The first-order valence-electron chi connectivity index (χ1n) is 5.18. The molecule has 0 atom stereocenters. The van der Waals surface area contributed by atoms with E-state index >= 15 is 0 Å². The molecule has 0 saturated heterocycles. The summed E-state index contributed by atoms with van der Waals surface area (Å²) in [6, 6.07) is 4.86. The van der Waals surface area contributed by atoms with Crippen LogP contribution in [0.25, 0.3) is 11.1 Å². The number of anilines is 1. The molecule has 8 heteroatoms. The molecule has 2 N–H and O–H groups in total. The van der Waals surface area contributed by atoms with Crippen molar-refractivity contribution in [3.63, 3.8) is 0 Å². The van der Waals surface area contributed by atoms with Gasteiger partial charge in [0.15, 0.2) is 0 Å². The highest BCUT2D eigenvalue weighted by molar-refractivity contribution is 6.44. The molecule has 2 aromatic rings. The Hall–Kier alpha value is -1.17. The second-order valence-corrected chi connectivity index (χ2v) is 5.13. The topological polar surface area (TPSA) is 38.9 Å². The van der Waals surface area contributed by atoms with Crippen LogP contribution in [0.15, 0.2) is 24.3 Å². The molecule has 0 aliphatic carbocycles. The summed E-state index contributed by atoms with van der Waals surface area (Å²) in [6.45, 7) is 0. The molecular weight excluding hydrogens is 335 g/mol. The molecule has 0 fully saturated rings. The summed E-state index contributed by atoms with van der Waals surface area (Å²) < 4.78 is 38.1. The zero-order chi connectivity index (χ0) is 15.1. The molecule has 0 radical (unpaired) electrons. The van der Waals surface area contributed by atoms with Crippen LogP contribution in [0.3, 0.4) is 0 Å². The number of pyridine rings is 1. The Morgan fingerprint density at radius 3 is 2.10 bits per heavy atom. The maximum Gasteiger partial charge on any atom is 0.433 e. The number of nitrogens with two attached hydrogens (primary N) is 1. The molecule has 0 aliphatic heterocycles. The number of alkyl halides is 3. The molecule has 20 heavy (non-hydrogen) atoms. The van der Waals surface area contributed by atoms with Crippen LogP contribution in [0.1, 0.15) is 5.69 Å². The van der Waals surface area contributed by atoms with Crippen molar-refractivity contribution in [3.8, 4) is 11.1 Å². The van der Waals surface area contributed by atoms with Gasteiger partial charge in [-0.2, -0.15) is 13.2 Å². The molecule has 0 amide bonds. The minimum absolute atomic E-state index is 0.161. The molecule has 2 rings (SSSR count). The summed E-state index contributed by atoms with van der Waals surface area (Å²) in [4.78, 5) is 3.25. The maximum atomic E-state index is 12.7. The van der Waals surface area contributed by atoms with Crippen LogP contribution in [-0.4, -0.2) is 4.98 Å². The van der Waals surface area contributed by atoms with Crippen LogP contribution in [0.2, 0.25) is 15.1 Å². The van der Waals surface area contributed by atoms with E-state index in [1.165, 1.54) is 18.2 Å². The third-order valence-corrected chi connectivity index (χ3v) is 3.49. The highest BCUT2D eigenvalue weighted by atomic mass is 35.5. The number of benzene rings is 1. The van der Waals surface area contributed by atoms with Gasteiger partial charge in [-0.1, -0.05) is 34.8 Å². The Labute approximate surface area is 127 Å². The molecular formula is C12H6Cl3F3N2. The van der Waals surface area contributed by atoms with E-state index in [0.29, 0.717) is 5.56 Å². The summed E-state index contributed by atoms with van der Waals surface area (Å²) in [5.41, 5.74) is 4.75. The van der Waals surface area contributed by atoms with E-state index in [1.54, 1.807) is 0 Å². The van der Waals surface area contributed by atoms with Gasteiger partial charge in [-0.25, -0.2) is 4.98 Å². The number of halogens is 6. The molecule has 2 nitrogen and oxygen atoms in total. The summed E-state index contributed by atoms with van der Waals surface area (Å²) in [7, 11) is 0. The Kier molecular flexibility index (Phi) is 4.04. The van der Waals surface area contributed by atoms with Gasteiger partial charge in [0.1, 0.15) is 11.5 Å². The summed E-state index contributed by atoms with van der Waals surface area (Å²) in [6.07, 6.45) is -4.60. The van der Waals surface area contributed by atoms with Gasteiger partial charge in [-0.05, 0) is 29.8 Å². The van der Waals surface area contributed by atoms with E-state index in [2.05, 4.69) is 4.98 Å². The molecule has 106 valence electrons. The number of aromatic nitrogens is 1. The van der Waals surface area contributed by atoms with E-state index in [1.807, 2.05) is 0 Å². The minimum Gasteiger partial charge on any atom is -0.384 e. The summed E-state index contributed by atoms with van der Waals surface area (Å²) in [5.74, 6) is -0.267. The van der Waals surface area contributed by atoms with Crippen LogP contribution >= 0.6 is 34.8 Å². The van der Waals surface area contributed by atoms with Gasteiger partial charge < -0.3 is 5.73 Å². The highest BCUT2D eigenvalue weighted by Crippen LogP contribution is 2.38. The fourth-order valence-corrected chi connectivity index (χ4v) is 2.25. The van der Waals surface area contributed by atoms with Crippen molar-refractivity contribution in [1.29, 1.82) is 0 Å². The first-order valence-corrected chi connectivity index (χ1v) is 6.31. The molecule has 0 unspecified atom stereocenters. The Balaban J connectivity index is 2.64. The number of nitrogen functional groups attached to an aromatic ring is 1. The maximum absolute atomic E-state index is 12.7. The van der Waals surface area contributed by atoms with Gasteiger partial charge in [-0.3, -0.25) is 0 Å². The van der Waals surface area contributed by atoms with Crippen LogP contribution in [-0.2, 0) is 6.18 Å². The Morgan fingerprint density at radius 1 is 0.900 bits per heavy atom. The fourth-order valence-electron chi connectivity index (χ4n) is 1.60. The average Bonchev–Trinajstić information content (AvgIpc) is 2.32. The first-order chi connectivity index (χ1) is 9.18. The second kappa shape index (κ2) is 5.31. The van der Waals surface area contributed by atoms with E-state index in [0.717, 1.165) is 6.07 Å². The lowest BCUT2D eigenvalue weighted by atomic mass is 10.1. The van der Waals surface area contributed by atoms with Gasteiger partial charge in [0.25, 0.3) is 0 Å². The van der Waals surface area contributed by atoms with E-state index in [4.69, 9.17) is 40.5 Å². The number of hydrogen-bond donors (Lipinski definition) is 1. The molecule has 1 aromatic carbocycles. The molecule has 0 aliphatic rings. The molecule has 1 aromatic heterocycles. The van der Waals surface area contributed by atoms with Gasteiger partial charge in [-0.15, -0.1) is 0 Å². The SMILES string of the molecule is Nc1cc(-c2cc(Cl)c(Cl)cc2Cl)cc(C(F)(F)F)n1. The molecule has 0 saturated carbocycles. The van der Waals surface area contributed by atoms with Crippen LogP contribution in [0.4, 0.5) is 19.0 Å². The number of nitrogens with zero attached hydrogens (tertiary/aromatic N) is 1. The predicted octanol–water partition coefficient (Wildman–Crippen LogP) is 5.31. The van der Waals surface area contributed by atoms with E-state index in [9.17, 15) is 13.2 Å². The van der Waals surface area contributed by atoms with Crippen molar-refractivity contribution in [3.05, 3.63) is 45.0 Å². The van der Waals surface area contributed by atoms with Crippen molar-refractivity contribution in [1.82, 2.24) is 4.98 Å². The van der Waals surface area contributed by atoms with E-state index < -0.39 is 11.9 Å². The lowest BCUT2D eigenvalue weighted by Crippen LogP contribution is -2.09. The third kappa shape index (κ3) is 3.11. The number of hydrogen-bond acceptors (Lipinski definition) is 2. The number of rotatable bonds is 1. The monoisotopic (exact) mass is 340 g/mol. The van der Waals surface area contributed by atoms with Crippen molar-refractivity contribution in [2.24, 2.45) is 0 Å². The fraction of sp³-hybridized carbons (Fsp3) is 0.0833. The zero-order valence-electron chi connectivity index (χ0n) is 9.60. The average molecular weight is 342 g/mol. The Morgan fingerprint density at radius 2 is 1.50 bits per heavy atom. The lowest BCUT2D eigenvalue weighted by molar-refractivity contribution is -0.141. The normalized spacial score (nSPS) is 11.7. The van der Waals surface area contributed by atoms with E-state index in [-0.39, 0.29) is 26.4 Å². The highest BCUT2D eigenvalue weighted by Gasteiger charge is 2.33. The van der Waals surface area contributed by atoms with Crippen molar-refractivity contribution >= 4 is 40.6 Å². The lowest BCUT2D eigenvalue weighted by Gasteiger charge is -2.11. The zero-order valence-corrected chi connectivity index (χ0v) is 11.9. The first kappa shape index (κ1) is 15.2. The van der Waals surface area contributed by atoms with Crippen LogP contribution < -0.4 is 5.73 Å². The largest absolute Gasteiger partial charge is 0.433 e. The van der Waals surface area contributed by atoms with Gasteiger partial charge in [0.2, 0.25) is 0 Å². The van der Waals surface area contributed by atoms with Crippen LogP contribution in [0, 0.1) is 0 Å². The summed E-state index contributed by atoms with van der Waals surface area (Å²) >= 11 is 17.6.